The lowest BCUT2D eigenvalue weighted by Gasteiger charge is -2.13. The van der Waals surface area contributed by atoms with Crippen molar-refractivity contribution in [2.45, 2.75) is 39.0 Å². The van der Waals surface area contributed by atoms with E-state index in [-0.39, 0.29) is 12.3 Å². The standard InChI is InChI=1S/C13H21N3O3/c1-2-10(3-4-13(18)19)5-7-14-12(17)9-11-6-8-15-16-11/h6,8,10H,2-5,7,9H2,1H3,(H,14,17)(H,15,16)(H,18,19). The highest BCUT2D eigenvalue weighted by atomic mass is 16.4. The SMILES string of the molecule is CCC(CCNC(=O)Cc1ccn[nH]1)CCC(=O)O. The predicted molar refractivity (Wildman–Crippen MR) is 70.6 cm³/mol. The molecule has 0 bridgehead atoms. The quantitative estimate of drug-likeness (QED) is 0.629. The van der Waals surface area contributed by atoms with E-state index < -0.39 is 5.97 Å². The van der Waals surface area contributed by atoms with Gasteiger partial charge in [-0.2, -0.15) is 5.10 Å². The first-order valence-electron chi connectivity index (χ1n) is 6.58. The first-order valence-corrected chi connectivity index (χ1v) is 6.58. The Morgan fingerprint density at radius 3 is 2.84 bits per heavy atom. The Morgan fingerprint density at radius 1 is 1.47 bits per heavy atom. The van der Waals surface area contributed by atoms with Crippen LogP contribution in [-0.2, 0) is 16.0 Å². The van der Waals surface area contributed by atoms with Crippen LogP contribution in [-0.4, -0.2) is 33.7 Å². The summed E-state index contributed by atoms with van der Waals surface area (Å²) < 4.78 is 0. The summed E-state index contributed by atoms with van der Waals surface area (Å²) in [7, 11) is 0. The molecule has 1 amide bonds. The van der Waals surface area contributed by atoms with Gasteiger partial charge in [0.1, 0.15) is 0 Å². The predicted octanol–water partition coefficient (Wildman–Crippen LogP) is 1.35. The van der Waals surface area contributed by atoms with Crippen LogP contribution in [0.5, 0.6) is 0 Å². The van der Waals surface area contributed by atoms with Gasteiger partial charge in [0, 0.05) is 24.9 Å². The molecule has 0 fully saturated rings. The number of carbonyl (C=O) groups is 2. The van der Waals surface area contributed by atoms with Gasteiger partial charge in [-0.15, -0.1) is 0 Å². The fourth-order valence-electron chi connectivity index (χ4n) is 1.91. The molecule has 0 saturated carbocycles. The van der Waals surface area contributed by atoms with Gasteiger partial charge in [0.15, 0.2) is 0 Å². The summed E-state index contributed by atoms with van der Waals surface area (Å²) in [6.07, 6.45) is 4.53. The van der Waals surface area contributed by atoms with E-state index in [0.717, 1.165) is 18.5 Å². The molecular weight excluding hydrogens is 246 g/mol. The fraction of sp³-hybridized carbons (Fsp3) is 0.615. The van der Waals surface area contributed by atoms with E-state index in [2.05, 4.69) is 15.5 Å². The summed E-state index contributed by atoms with van der Waals surface area (Å²) >= 11 is 0. The number of aromatic nitrogens is 2. The topological polar surface area (TPSA) is 95.1 Å². The Labute approximate surface area is 112 Å². The van der Waals surface area contributed by atoms with Gasteiger partial charge in [0.05, 0.1) is 6.42 Å². The molecule has 0 saturated heterocycles. The lowest BCUT2D eigenvalue weighted by atomic mass is 9.96. The molecule has 1 heterocycles. The normalized spacial score (nSPS) is 12.1. The molecule has 0 aliphatic heterocycles. The summed E-state index contributed by atoms with van der Waals surface area (Å²) in [4.78, 5) is 22.1. The van der Waals surface area contributed by atoms with Crippen LogP contribution in [0, 0.1) is 5.92 Å². The first-order chi connectivity index (χ1) is 9.11. The lowest BCUT2D eigenvalue weighted by molar-refractivity contribution is -0.137. The highest BCUT2D eigenvalue weighted by Crippen LogP contribution is 2.14. The highest BCUT2D eigenvalue weighted by Gasteiger charge is 2.10. The van der Waals surface area contributed by atoms with Crippen LogP contribution in [0.15, 0.2) is 12.3 Å². The van der Waals surface area contributed by atoms with Gasteiger partial charge in [-0.25, -0.2) is 0 Å². The van der Waals surface area contributed by atoms with Gasteiger partial charge < -0.3 is 10.4 Å². The van der Waals surface area contributed by atoms with Crippen molar-refractivity contribution in [3.05, 3.63) is 18.0 Å². The lowest BCUT2D eigenvalue weighted by Crippen LogP contribution is -2.27. The molecule has 0 aliphatic rings. The molecule has 1 aromatic rings. The minimum absolute atomic E-state index is 0.0441. The van der Waals surface area contributed by atoms with E-state index in [0.29, 0.717) is 25.3 Å². The third kappa shape index (κ3) is 6.59. The van der Waals surface area contributed by atoms with E-state index in [4.69, 9.17) is 5.11 Å². The molecule has 6 heteroatoms. The number of carbonyl (C=O) groups excluding carboxylic acids is 1. The van der Waals surface area contributed by atoms with Gasteiger partial charge in [0.2, 0.25) is 5.91 Å². The van der Waals surface area contributed by atoms with E-state index in [1.54, 1.807) is 12.3 Å². The van der Waals surface area contributed by atoms with Gasteiger partial charge in [0.25, 0.3) is 0 Å². The zero-order valence-corrected chi connectivity index (χ0v) is 11.2. The van der Waals surface area contributed by atoms with Crippen molar-refractivity contribution in [2.24, 2.45) is 5.92 Å². The van der Waals surface area contributed by atoms with Gasteiger partial charge in [-0.3, -0.25) is 14.7 Å². The molecule has 19 heavy (non-hydrogen) atoms. The number of nitrogens with zero attached hydrogens (tertiary/aromatic N) is 1. The van der Waals surface area contributed by atoms with E-state index in [9.17, 15) is 9.59 Å². The van der Waals surface area contributed by atoms with Gasteiger partial charge in [-0.1, -0.05) is 13.3 Å². The van der Waals surface area contributed by atoms with Gasteiger partial charge in [-0.05, 0) is 24.8 Å². The Balaban J connectivity index is 2.17. The van der Waals surface area contributed by atoms with Crippen molar-refractivity contribution >= 4 is 11.9 Å². The van der Waals surface area contributed by atoms with Crippen molar-refractivity contribution in [1.82, 2.24) is 15.5 Å². The second-order valence-electron chi connectivity index (χ2n) is 4.60. The van der Waals surface area contributed by atoms with Crippen LogP contribution in [0.4, 0.5) is 0 Å². The Kier molecular flexibility index (Phi) is 6.63. The smallest absolute Gasteiger partial charge is 0.303 e. The van der Waals surface area contributed by atoms with Crippen LogP contribution in [0.1, 0.15) is 38.3 Å². The number of aliphatic carboxylic acids is 1. The number of carboxylic acids is 1. The van der Waals surface area contributed by atoms with Crippen LogP contribution >= 0.6 is 0 Å². The number of hydrogen-bond acceptors (Lipinski definition) is 3. The fourth-order valence-corrected chi connectivity index (χ4v) is 1.91. The number of H-pyrrole nitrogens is 1. The summed E-state index contributed by atoms with van der Waals surface area (Å²) in [5.74, 6) is -0.456. The number of rotatable bonds is 9. The van der Waals surface area contributed by atoms with Crippen molar-refractivity contribution < 1.29 is 14.7 Å². The molecule has 1 aromatic heterocycles. The summed E-state index contributed by atoms with van der Waals surface area (Å²) in [5, 5.41) is 18.0. The van der Waals surface area contributed by atoms with Crippen molar-refractivity contribution in [1.29, 1.82) is 0 Å². The maximum Gasteiger partial charge on any atom is 0.303 e. The molecule has 1 rings (SSSR count). The minimum atomic E-state index is -0.762. The maximum absolute atomic E-state index is 11.6. The van der Waals surface area contributed by atoms with E-state index in [1.165, 1.54) is 0 Å². The summed E-state index contributed by atoms with van der Waals surface area (Å²) in [5.41, 5.74) is 0.787. The summed E-state index contributed by atoms with van der Waals surface area (Å²) in [6, 6.07) is 1.77. The maximum atomic E-state index is 11.6. The molecule has 0 aromatic carbocycles. The Bertz CT molecular complexity index is 390. The largest absolute Gasteiger partial charge is 0.481 e. The second-order valence-corrected chi connectivity index (χ2v) is 4.60. The minimum Gasteiger partial charge on any atom is -0.481 e. The highest BCUT2D eigenvalue weighted by molar-refractivity contribution is 5.77. The zero-order chi connectivity index (χ0) is 14.1. The molecule has 1 unspecified atom stereocenters. The first kappa shape index (κ1) is 15.2. The zero-order valence-electron chi connectivity index (χ0n) is 11.2. The van der Waals surface area contributed by atoms with Crippen LogP contribution in [0.2, 0.25) is 0 Å². The third-order valence-electron chi connectivity index (χ3n) is 3.13. The molecule has 0 spiro atoms. The number of nitrogens with one attached hydrogen (secondary N) is 2. The number of carboxylic acid groups (broad SMARTS) is 1. The van der Waals surface area contributed by atoms with Crippen LogP contribution < -0.4 is 5.32 Å². The molecule has 0 aliphatic carbocycles. The van der Waals surface area contributed by atoms with Crippen molar-refractivity contribution in [3.8, 4) is 0 Å². The number of hydrogen-bond donors (Lipinski definition) is 3. The molecule has 1 atom stereocenters. The van der Waals surface area contributed by atoms with Gasteiger partial charge >= 0.3 is 5.97 Å². The summed E-state index contributed by atoms with van der Waals surface area (Å²) in [6.45, 7) is 2.63. The van der Waals surface area contributed by atoms with Crippen LogP contribution in [0.25, 0.3) is 0 Å². The monoisotopic (exact) mass is 267 g/mol. The molecular formula is C13H21N3O3. The second kappa shape index (κ2) is 8.29. The average molecular weight is 267 g/mol. The molecule has 0 radical (unpaired) electrons. The van der Waals surface area contributed by atoms with E-state index >= 15 is 0 Å². The molecule has 6 nitrogen and oxygen atoms in total. The van der Waals surface area contributed by atoms with Crippen molar-refractivity contribution in [3.63, 3.8) is 0 Å². The number of aromatic amines is 1. The van der Waals surface area contributed by atoms with Crippen LogP contribution in [0.3, 0.4) is 0 Å². The Morgan fingerprint density at radius 2 is 2.26 bits per heavy atom. The molecule has 3 N–H and O–H groups in total. The third-order valence-corrected chi connectivity index (χ3v) is 3.13. The molecule has 106 valence electrons. The van der Waals surface area contributed by atoms with E-state index in [1.807, 2.05) is 6.92 Å². The average Bonchev–Trinajstić information content (AvgIpc) is 2.86. The van der Waals surface area contributed by atoms with Crippen molar-refractivity contribution in [2.75, 3.05) is 6.54 Å². The number of amides is 1. The Hall–Kier alpha value is -1.85.